The zero-order chi connectivity index (χ0) is 26.5. The molecule has 0 saturated carbocycles. The van der Waals surface area contributed by atoms with E-state index in [9.17, 15) is 0 Å². The van der Waals surface area contributed by atoms with Crippen LogP contribution in [0.15, 0.2) is 121 Å². The number of anilines is 4. The standard InChI is InChI=1S/C36H36N2/c1-25(2)27-5-9-29(10-6-27)31-13-17-33(18-14-31)37-35-21-23-36(24-22-35)38-34-19-15-32(16-20-34)30-11-7-28(8-12-30)26(3)4/h5-26,37-38H,1-4H3. The summed E-state index contributed by atoms with van der Waals surface area (Å²) in [6.45, 7) is 8.90. The first kappa shape index (κ1) is 25.4. The van der Waals surface area contributed by atoms with Crippen LogP contribution in [-0.4, -0.2) is 0 Å². The Bertz CT molecular complexity index is 1330. The molecule has 5 rings (SSSR count). The first-order valence-electron chi connectivity index (χ1n) is 13.5. The van der Waals surface area contributed by atoms with Crippen LogP contribution >= 0.6 is 0 Å². The molecule has 2 N–H and O–H groups in total. The maximum absolute atomic E-state index is 3.51. The molecule has 0 aliphatic heterocycles. The Kier molecular flexibility index (Phi) is 7.60. The van der Waals surface area contributed by atoms with Crippen molar-refractivity contribution in [3.8, 4) is 22.3 Å². The Hall–Kier alpha value is -4.30. The van der Waals surface area contributed by atoms with Gasteiger partial charge in [-0.05, 0) is 93.7 Å². The SMILES string of the molecule is CC(C)c1ccc(-c2ccc(Nc3ccc(Nc4ccc(-c5ccc(C(C)C)cc5)cc4)cc3)cc2)cc1. The normalized spacial score (nSPS) is 11.1. The minimum Gasteiger partial charge on any atom is -0.356 e. The minimum absolute atomic E-state index is 0.552. The molecule has 0 saturated heterocycles. The molecule has 0 aliphatic carbocycles. The average molecular weight is 497 g/mol. The highest BCUT2D eigenvalue weighted by atomic mass is 14.9. The molecule has 0 aliphatic rings. The summed E-state index contributed by atoms with van der Waals surface area (Å²) < 4.78 is 0. The molecule has 2 nitrogen and oxygen atoms in total. The van der Waals surface area contributed by atoms with Gasteiger partial charge in [0, 0.05) is 22.7 Å². The van der Waals surface area contributed by atoms with E-state index in [-0.39, 0.29) is 0 Å². The molecule has 0 heterocycles. The maximum atomic E-state index is 3.51. The van der Waals surface area contributed by atoms with Crippen LogP contribution in [0.4, 0.5) is 22.7 Å². The first-order valence-corrected chi connectivity index (χ1v) is 13.5. The summed E-state index contributed by atoms with van der Waals surface area (Å²) in [6, 6.07) is 43.4. The molecule has 5 aromatic carbocycles. The molecule has 38 heavy (non-hydrogen) atoms. The number of hydrogen-bond donors (Lipinski definition) is 2. The van der Waals surface area contributed by atoms with Gasteiger partial charge >= 0.3 is 0 Å². The highest BCUT2D eigenvalue weighted by Gasteiger charge is 2.04. The van der Waals surface area contributed by atoms with E-state index >= 15 is 0 Å². The van der Waals surface area contributed by atoms with Crippen molar-refractivity contribution in [1.29, 1.82) is 0 Å². The van der Waals surface area contributed by atoms with Gasteiger partial charge in [-0.1, -0.05) is 100 Å². The lowest BCUT2D eigenvalue weighted by molar-refractivity contribution is 0.867. The average Bonchev–Trinajstić information content (AvgIpc) is 2.95. The van der Waals surface area contributed by atoms with E-state index in [1.165, 1.54) is 33.4 Å². The Balaban J connectivity index is 1.18. The highest BCUT2D eigenvalue weighted by molar-refractivity contribution is 5.71. The van der Waals surface area contributed by atoms with Crippen molar-refractivity contribution in [2.24, 2.45) is 0 Å². The smallest absolute Gasteiger partial charge is 0.0385 e. The van der Waals surface area contributed by atoms with Gasteiger partial charge in [-0.15, -0.1) is 0 Å². The van der Waals surface area contributed by atoms with Crippen molar-refractivity contribution in [3.05, 3.63) is 132 Å². The topological polar surface area (TPSA) is 24.1 Å². The van der Waals surface area contributed by atoms with Crippen LogP contribution in [0.3, 0.4) is 0 Å². The lowest BCUT2D eigenvalue weighted by Gasteiger charge is -2.11. The third kappa shape index (κ3) is 6.15. The fraction of sp³-hybridized carbons (Fsp3) is 0.167. The fourth-order valence-electron chi connectivity index (χ4n) is 4.58. The van der Waals surface area contributed by atoms with Gasteiger partial charge < -0.3 is 10.6 Å². The summed E-state index contributed by atoms with van der Waals surface area (Å²) in [5, 5.41) is 7.01. The number of rotatable bonds is 8. The monoisotopic (exact) mass is 496 g/mol. The number of nitrogens with one attached hydrogen (secondary N) is 2. The van der Waals surface area contributed by atoms with Gasteiger partial charge in [-0.3, -0.25) is 0 Å². The summed E-state index contributed by atoms with van der Waals surface area (Å²) in [5.41, 5.74) is 11.9. The summed E-state index contributed by atoms with van der Waals surface area (Å²) in [4.78, 5) is 0. The van der Waals surface area contributed by atoms with Gasteiger partial charge in [0.2, 0.25) is 0 Å². The van der Waals surface area contributed by atoms with E-state index in [0.29, 0.717) is 11.8 Å². The van der Waals surface area contributed by atoms with Crippen LogP contribution in [0, 0.1) is 0 Å². The second-order valence-corrected chi connectivity index (χ2v) is 10.5. The van der Waals surface area contributed by atoms with Gasteiger partial charge in [-0.2, -0.15) is 0 Å². The highest BCUT2D eigenvalue weighted by Crippen LogP contribution is 2.28. The number of benzene rings is 5. The van der Waals surface area contributed by atoms with Crippen molar-refractivity contribution in [2.45, 2.75) is 39.5 Å². The predicted octanol–water partition coefficient (Wildman–Crippen LogP) is 10.8. The summed E-state index contributed by atoms with van der Waals surface area (Å²) in [5.74, 6) is 1.10. The van der Waals surface area contributed by atoms with Crippen molar-refractivity contribution >= 4 is 22.7 Å². The van der Waals surface area contributed by atoms with Gasteiger partial charge in [0.25, 0.3) is 0 Å². The summed E-state index contributed by atoms with van der Waals surface area (Å²) >= 11 is 0. The molecule has 0 atom stereocenters. The maximum Gasteiger partial charge on any atom is 0.0385 e. The van der Waals surface area contributed by atoms with Crippen LogP contribution in [0.1, 0.15) is 50.7 Å². The van der Waals surface area contributed by atoms with Crippen molar-refractivity contribution in [1.82, 2.24) is 0 Å². The molecule has 0 amide bonds. The van der Waals surface area contributed by atoms with E-state index in [0.717, 1.165) is 22.7 Å². The Morgan fingerprint density at radius 3 is 0.763 bits per heavy atom. The van der Waals surface area contributed by atoms with E-state index in [4.69, 9.17) is 0 Å². The van der Waals surface area contributed by atoms with E-state index in [1.807, 2.05) is 0 Å². The zero-order valence-corrected chi connectivity index (χ0v) is 22.7. The number of hydrogen-bond acceptors (Lipinski definition) is 2. The van der Waals surface area contributed by atoms with E-state index < -0.39 is 0 Å². The summed E-state index contributed by atoms with van der Waals surface area (Å²) in [6.07, 6.45) is 0. The molecule has 0 bridgehead atoms. The van der Waals surface area contributed by atoms with Gasteiger partial charge in [-0.25, -0.2) is 0 Å². The Morgan fingerprint density at radius 1 is 0.316 bits per heavy atom. The molecule has 190 valence electrons. The van der Waals surface area contributed by atoms with Crippen molar-refractivity contribution in [3.63, 3.8) is 0 Å². The van der Waals surface area contributed by atoms with Gasteiger partial charge in [0.05, 0.1) is 0 Å². The molecular weight excluding hydrogens is 460 g/mol. The van der Waals surface area contributed by atoms with Crippen LogP contribution < -0.4 is 10.6 Å². The lowest BCUT2D eigenvalue weighted by Crippen LogP contribution is -1.93. The molecule has 0 spiro atoms. The van der Waals surface area contributed by atoms with Crippen molar-refractivity contribution in [2.75, 3.05) is 10.6 Å². The van der Waals surface area contributed by atoms with Crippen LogP contribution in [0.2, 0.25) is 0 Å². The molecule has 0 unspecified atom stereocenters. The molecule has 0 fully saturated rings. The Morgan fingerprint density at radius 2 is 0.526 bits per heavy atom. The lowest BCUT2D eigenvalue weighted by atomic mass is 9.99. The third-order valence-corrected chi connectivity index (χ3v) is 7.05. The van der Waals surface area contributed by atoms with E-state index in [1.54, 1.807) is 0 Å². The van der Waals surface area contributed by atoms with Crippen LogP contribution in [0.5, 0.6) is 0 Å². The predicted molar refractivity (Wildman–Crippen MR) is 165 cm³/mol. The largest absolute Gasteiger partial charge is 0.356 e. The molecular formula is C36H36N2. The zero-order valence-electron chi connectivity index (χ0n) is 22.7. The molecule has 5 aromatic rings. The van der Waals surface area contributed by atoms with Crippen molar-refractivity contribution < 1.29 is 0 Å². The molecule has 0 radical (unpaired) electrons. The minimum atomic E-state index is 0.552. The first-order chi connectivity index (χ1) is 18.4. The molecule has 0 aromatic heterocycles. The second-order valence-electron chi connectivity index (χ2n) is 10.5. The third-order valence-electron chi connectivity index (χ3n) is 7.05. The second kappa shape index (κ2) is 11.4. The molecule has 2 heteroatoms. The fourth-order valence-corrected chi connectivity index (χ4v) is 4.58. The summed E-state index contributed by atoms with van der Waals surface area (Å²) in [7, 11) is 0. The quantitative estimate of drug-likeness (QED) is 0.223. The Labute approximate surface area is 227 Å². The van der Waals surface area contributed by atoms with Crippen LogP contribution in [-0.2, 0) is 0 Å². The van der Waals surface area contributed by atoms with Gasteiger partial charge in [0.1, 0.15) is 0 Å². The van der Waals surface area contributed by atoms with Crippen LogP contribution in [0.25, 0.3) is 22.3 Å². The van der Waals surface area contributed by atoms with E-state index in [2.05, 4.69) is 160 Å². The van der Waals surface area contributed by atoms with Gasteiger partial charge in [0.15, 0.2) is 0 Å².